The minimum Gasteiger partial charge on any atom is -0.376 e. The van der Waals surface area contributed by atoms with Crippen LogP contribution in [-0.2, 0) is 11.2 Å². The lowest BCUT2D eigenvalue weighted by molar-refractivity contribution is -0.119. The molecule has 1 rings (SSSR count). The molecule has 0 radical (unpaired) electrons. The molecule has 0 saturated carbocycles. The summed E-state index contributed by atoms with van der Waals surface area (Å²) >= 11 is 0. The number of carbonyl (C=O) groups excluding carboxylic acids is 1. The van der Waals surface area contributed by atoms with Crippen molar-refractivity contribution in [3.63, 3.8) is 0 Å². The number of aryl methyl sites for hydroxylation is 2. The fourth-order valence-electron chi connectivity index (χ4n) is 2.21. The summed E-state index contributed by atoms with van der Waals surface area (Å²) in [6, 6.07) is 4.40. The van der Waals surface area contributed by atoms with Gasteiger partial charge in [0.15, 0.2) is 0 Å². The Hall–Kier alpha value is -1.51. The zero-order chi connectivity index (χ0) is 13.7. The molecule has 0 bridgehead atoms. The fourth-order valence-corrected chi connectivity index (χ4v) is 2.21. The lowest BCUT2D eigenvalue weighted by atomic mass is 10.00. The molecule has 0 atom stereocenters. The van der Waals surface area contributed by atoms with Crippen molar-refractivity contribution in [2.75, 3.05) is 11.9 Å². The van der Waals surface area contributed by atoms with E-state index in [-0.39, 0.29) is 11.9 Å². The van der Waals surface area contributed by atoms with Crippen molar-refractivity contribution < 1.29 is 4.79 Å². The number of benzene rings is 1. The smallest absolute Gasteiger partial charge is 0.239 e. The Morgan fingerprint density at radius 3 is 2.22 bits per heavy atom. The molecular formula is C15H24N2O. The number of amides is 1. The lowest BCUT2D eigenvalue weighted by Gasteiger charge is -2.13. The molecule has 0 aliphatic rings. The van der Waals surface area contributed by atoms with Crippen LogP contribution in [0.4, 0.5) is 5.69 Å². The number of hydrogen-bond donors (Lipinski definition) is 2. The van der Waals surface area contributed by atoms with E-state index in [0.29, 0.717) is 6.54 Å². The molecule has 18 heavy (non-hydrogen) atoms. The zero-order valence-electron chi connectivity index (χ0n) is 12.1. The summed E-state index contributed by atoms with van der Waals surface area (Å²) in [5.74, 6) is 0.0277. The van der Waals surface area contributed by atoms with Gasteiger partial charge in [-0.2, -0.15) is 0 Å². The summed E-state index contributed by atoms with van der Waals surface area (Å²) < 4.78 is 0. The Labute approximate surface area is 110 Å². The Morgan fingerprint density at radius 2 is 1.78 bits per heavy atom. The Bertz CT molecular complexity index is 401. The molecule has 1 aromatic rings. The van der Waals surface area contributed by atoms with Gasteiger partial charge in [-0.3, -0.25) is 4.79 Å². The molecule has 1 amide bonds. The molecule has 3 heteroatoms. The van der Waals surface area contributed by atoms with Crippen molar-refractivity contribution in [3.05, 3.63) is 28.8 Å². The topological polar surface area (TPSA) is 41.1 Å². The third kappa shape index (κ3) is 4.06. The molecule has 100 valence electrons. The van der Waals surface area contributed by atoms with Crippen molar-refractivity contribution in [2.45, 2.75) is 47.1 Å². The molecule has 0 spiro atoms. The van der Waals surface area contributed by atoms with Crippen LogP contribution in [0.1, 0.15) is 37.5 Å². The first-order valence-corrected chi connectivity index (χ1v) is 6.57. The number of anilines is 1. The maximum absolute atomic E-state index is 11.5. The highest BCUT2D eigenvalue weighted by Gasteiger charge is 2.06. The van der Waals surface area contributed by atoms with E-state index >= 15 is 0 Å². The van der Waals surface area contributed by atoms with E-state index in [4.69, 9.17) is 0 Å². The summed E-state index contributed by atoms with van der Waals surface area (Å²) in [6.07, 6.45) is 1.05. The van der Waals surface area contributed by atoms with Gasteiger partial charge in [0.1, 0.15) is 0 Å². The van der Waals surface area contributed by atoms with Crippen molar-refractivity contribution >= 4 is 11.6 Å². The van der Waals surface area contributed by atoms with Gasteiger partial charge >= 0.3 is 0 Å². The maximum atomic E-state index is 11.5. The molecule has 3 nitrogen and oxygen atoms in total. The van der Waals surface area contributed by atoms with Crippen LogP contribution in [0.3, 0.4) is 0 Å². The van der Waals surface area contributed by atoms with Gasteiger partial charge in [-0.15, -0.1) is 0 Å². The summed E-state index contributed by atoms with van der Waals surface area (Å²) in [5, 5.41) is 6.03. The van der Waals surface area contributed by atoms with Crippen molar-refractivity contribution in [1.29, 1.82) is 0 Å². The molecule has 0 saturated heterocycles. The van der Waals surface area contributed by atoms with Gasteiger partial charge in [-0.05, 0) is 62.9 Å². The van der Waals surface area contributed by atoms with Gasteiger partial charge in [0.2, 0.25) is 5.91 Å². The molecule has 0 aromatic heterocycles. The highest BCUT2D eigenvalue weighted by molar-refractivity contribution is 5.81. The van der Waals surface area contributed by atoms with E-state index in [9.17, 15) is 4.79 Å². The van der Waals surface area contributed by atoms with Gasteiger partial charge < -0.3 is 10.6 Å². The van der Waals surface area contributed by atoms with Crippen molar-refractivity contribution in [3.8, 4) is 0 Å². The Kier molecular flexibility index (Phi) is 5.20. The van der Waals surface area contributed by atoms with Crippen LogP contribution >= 0.6 is 0 Å². The van der Waals surface area contributed by atoms with Crippen LogP contribution in [-0.4, -0.2) is 18.5 Å². The average Bonchev–Trinajstić information content (AvgIpc) is 2.25. The minimum absolute atomic E-state index is 0.0277. The molecule has 2 N–H and O–H groups in total. The number of hydrogen-bond acceptors (Lipinski definition) is 2. The molecule has 0 fully saturated rings. The molecule has 0 aliphatic carbocycles. The summed E-state index contributed by atoms with van der Waals surface area (Å²) in [6.45, 7) is 10.6. The van der Waals surface area contributed by atoms with Crippen LogP contribution in [0.2, 0.25) is 0 Å². The van der Waals surface area contributed by atoms with Gasteiger partial charge in [0.25, 0.3) is 0 Å². The highest BCUT2D eigenvalue weighted by Crippen LogP contribution is 2.20. The number of rotatable bonds is 5. The average molecular weight is 248 g/mol. The third-order valence-electron chi connectivity index (χ3n) is 2.95. The second kappa shape index (κ2) is 6.43. The normalized spacial score (nSPS) is 10.6. The molecule has 0 aliphatic heterocycles. The maximum Gasteiger partial charge on any atom is 0.239 e. The summed E-state index contributed by atoms with van der Waals surface area (Å²) in [4.78, 5) is 11.5. The van der Waals surface area contributed by atoms with Gasteiger partial charge in [0, 0.05) is 11.7 Å². The van der Waals surface area contributed by atoms with Gasteiger partial charge in [0.05, 0.1) is 6.54 Å². The zero-order valence-corrected chi connectivity index (χ0v) is 12.1. The van der Waals surface area contributed by atoms with Gasteiger partial charge in [-0.25, -0.2) is 0 Å². The van der Waals surface area contributed by atoms with Crippen LogP contribution in [0.15, 0.2) is 12.1 Å². The Balaban J connectivity index is 2.66. The van der Waals surface area contributed by atoms with E-state index < -0.39 is 0 Å². The summed E-state index contributed by atoms with van der Waals surface area (Å²) in [7, 11) is 0. The second-order valence-electron chi connectivity index (χ2n) is 5.02. The predicted octanol–water partition coefficient (Wildman–Crippen LogP) is 2.80. The fraction of sp³-hybridized carbons (Fsp3) is 0.533. The van der Waals surface area contributed by atoms with E-state index in [1.807, 2.05) is 13.8 Å². The van der Waals surface area contributed by atoms with E-state index in [2.05, 4.69) is 43.5 Å². The first-order chi connectivity index (χ1) is 8.43. The second-order valence-corrected chi connectivity index (χ2v) is 5.02. The molecular weight excluding hydrogens is 224 g/mol. The quantitative estimate of drug-likeness (QED) is 0.841. The predicted molar refractivity (Wildman–Crippen MR) is 77.1 cm³/mol. The largest absolute Gasteiger partial charge is 0.376 e. The van der Waals surface area contributed by atoms with Crippen LogP contribution in [0.25, 0.3) is 0 Å². The van der Waals surface area contributed by atoms with Crippen LogP contribution < -0.4 is 10.6 Å². The monoisotopic (exact) mass is 248 g/mol. The van der Waals surface area contributed by atoms with Crippen molar-refractivity contribution in [1.82, 2.24) is 5.32 Å². The SMILES string of the molecule is CCc1c(C)cc(NCC(=O)NC(C)C)cc1C. The van der Waals surface area contributed by atoms with E-state index in [1.54, 1.807) is 0 Å². The lowest BCUT2D eigenvalue weighted by Crippen LogP contribution is -2.34. The number of nitrogens with one attached hydrogen (secondary N) is 2. The summed E-state index contributed by atoms with van der Waals surface area (Å²) in [5.41, 5.74) is 4.97. The molecule has 1 aromatic carbocycles. The molecule has 0 unspecified atom stereocenters. The van der Waals surface area contributed by atoms with Crippen molar-refractivity contribution in [2.24, 2.45) is 0 Å². The van der Waals surface area contributed by atoms with E-state index in [1.165, 1.54) is 16.7 Å². The van der Waals surface area contributed by atoms with E-state index in [0.717, 1.165) is 12.1 Å². The highest BCUT2D eigenvalue weighted by atomic mass is 16.1. The first kappa shape index (κ1) is 14.6. The van der Waals surface area contributed by atoms with Crippen LogP contribution in [0.5, 0.6) is 0 Å². The third-order valence-corrected chi connectivity index (χ3v) is 2.95. The first-order valence-electron chi connectivity index (χ1n) is 6.57. The Morgan fingerprint density at radius 1 is 1.22 bits per heavy atom. The number of carbonyl (C=O) groups is 1. The standard InChI is InChI=1S/C15H24N2O/c1-6-14-11(4)7-13(8-12(14)5)16-9-15(18)17-10(2)3/h7-8,10,16H,6,9H2,1-5H3,(H,17,18). The molecule has 0 heterocycles. The minimum atomic E-state index is 0.0277. The van der Waals surface area contributed by atoms with Gasteiger partial charge in [-0.1, -0.05) is 6.92 Å². The van der Waals surface area contributed by atoms with Crippen LogP contribution in [0, 0.1) is 13.8 Å².